The van der Waals surface area contributed by atoms with Crippen LogP contribution in [-0.2, 0) is 14.3 Å². The number of likely N-dealkylation sites (tertiary alicyclic amines) is 1. The molecule has 2 aromatic rings. The molecule has 1 aromatic carbocycles. The molecule has 2 fully saturated rings. The lowest BCUT2D eigenvalue weighted by Crippen LogP contribution is -2.54. The molecule has 1 saturated heterocycles. The third-order valence-electron chi connectivity index (χ3n) is 8.43. The minimum absolute atomic E-state index is 0.0333. The maximum absolute atomic E-state index is 14.2. The smallest absolute Gasteiger partial charge is 0.328 e. The number of aromatic nitrogens is 1. The maximum atomic E-state index is 14.2. The van der Waals surface area contributed by atoms with Gasteiger partial charge < -0.3 is 24.4 Å². The van der Waals surface area contributed by atoms with Crippen LogP contribution in [0.25, 0.3) is 16.8 Å². The largest absolute Gasteiger partial charge is 0.496 e. The summed E-state index contributed by atoms with van der Waals surface area (Å²) in [7, 11) is 3.00. The van der Waals surface area contributed by atoms with Crippen molar-refractivity contribution in [2.24, 2.45) is 5.92 Å². The molecule has 4 rings (SSSR count). The van der Waals surface area contributed by atoms with Crippen LogP contribution in [0.1, 0.15) is 69.8 Å². The van der Waals surface area contributed by atoms with Crippen molar-refractivity contribution < 1.29 is 23.8 Å². The molecule has 0 radical (unpaired) electrons. The van der Waals surface area contributed by atoms with Crippen LogP contribution in [0.2, 0.25) is 0 Å². The summed E-state index contributed by atoms with van der Waals surface area (Å²) in [5, 5.41) is 5.33. The van der Waals surface area contributed by atoms with Gasteiger partial charge in [-0.15, -0.1) is 6.58 Å². The van der Waals surface area contributed by atoms with E-state index < -0.39 is 18.1 Å². The van der Waals surface area contributed by atoms with Crippen molar-refractivity contribution in [1.82, 2.24) is 15.2 Å². The first-order valence-electron chi connectivity index (χ1n) is 15.0. The van der Waals surface area contributed by atoms with E-state index in [1.54, 1.807) is 24.3 Å². The number of ether oxygens (including phenoxy) is 3. The molecule has 0 spiro atoms. The van der Waals surface area contributed by atoms with Crippen LogP contribution in [0, 0.1) is 5.92 Å². The number of allylic oxidation sites excluding steroid dienone is 1. The second-order valence-electron chi connectivity index (χ2n) is 11.1. The summed E-state index contributed by atoms with van der Waals surface area (Å²) in [6, 6.07) is 4.75. The Morgan fingerprint density at radius 1 is 1.15 bits per heavy atom. The first-order chi connectivity index (χ1) is 20.0. The Bertz CT molecular complexity index is 1210. The summed E-state index contributed by atoms with van der Waals surface area (Å²) in [5.74, 6) is 0.984. The van der Waals surface area contributed by atoms with Crippen molar-refractivity contribution in [3.63, 3.8) is 0 Å². The SMILES string of the molecule is C=CCCCCCN[C@H](C(=O)N1C[C@H](Oc2nccc3cc(OC)c(C=C)cc23)C[C@H]1C(=O)OC)C1CCCCC1. The monoisotopic (exact) mass is 563 g/mol. The van der Waals surface area contributed by atoms with Crippen LogP contribution < -0.4 is 14.8 Å². The van der Waals surface area contributed by atoms with Gasteiger partial charge in [-0.25, -0.2) is 9.78 Å². The number of rotatable bonds is 14. The predicted octanol–water partition coefficient (Wildman–Crippen LogP) is 5.69. The zero-order valence-corrected chi connectivity index (χ0v) is 24.6. The molecular weight excluding hydrogens is 518 g/mol. The number of hydrogen-bond donors (Lipinski definition) is 1. The van der Waals surface area contributed by atoms with E-state index in [0.29, 0.717) is 18.8 Å². The highest BCUT2D eigenvalue weighted by atomic mass is 16.5. The van der Waals surface area contributed by atoms with Gasteiger partial charge in [-0.2, -0.15) is 0 Å². The Kier molecular flexibility index (Phi) is 11.2. The summed E-state index contributed by atoms with van der Waals surface area (Å²) < 4.78 is 17.1. The van der Waals surface area contributed by atoms with E-state index in [1.165, 1.54) is 13.5 Å². The Morgan fingerprint density at radius 3 is 2.66 bits per heavy atom. The molecule has 2 heterocycles. The Morgan fingerprint density at radius 2 is 1.95 bits per heavy atom. The van der Waals surface area contributed by atoms with E-state index in [0.717, 1.165) is 80.0 Å². The zero-order chi connectivity index (χ0) is 29.2. The molecule has 0 unspecified atom stereocenters. The molecule has 8 heteroatoms. The fraction of sp³-hybridized carbons (Fsp3) is 0.545. The number of amides is 1. The van der Waals surface area contributed by atoms with Gasteiger partial charge in [0.15, 0.2) is 0 Å². The van der Waals surface area contributed by atoms with E-state index in [-0.39, 0.29) is 17.9 Å². The van der Waals surface area contributed by atoms with Gasteiger partial charge in [0.1, 0.15) is 17.9 Å². The molecular formula is C33H45N3O5. The van der Waals surface area contributed by atoms with E-state index >= 15 is 0 Å². The summed E-state index contributed by atoms with van der Waals surface area (Å²) in [6.45, 7) is 8.76. The molecule has 222 valence electrons. The third kappa shape index (κ3) is 7.47. The average molecular weight is 564 g/mol. The lowest BCUT2D eigenvalue weighted by Gasteiger charge is -2.34. The normalized spacial score (nSPS) is 20.0. The molecule has 1 aliphatic carbocycles. The first-order valence-corrected chi connectivity index (χ1v) is 15.0. The number of methoxy groups -OCH3 is 2. The topological polar surface area (TPSA) is 90.0 Å². The molecule has 0 bridgehead atoms. The van der Waals surface area contributed by atoms with Gasteiger partial charge in [0.05, 0.1) is 26.8 Å². The second kappa shape index (κ2) is 15.0. The minimum Gasteiger partial charge on any atom is -0.496 e. The third-order valence-corrected chi connectivity index (χ3v) is 8.43. The van der Waals surface area contributed by atoms with Gasteiger partial charge in [-0.3, -0.25) is 4.79 Å². The number of fused-ring (bicyclic) bond motifs is 1. The summed E-state index contributed by atoms with van der Waals surface area (Å²) >= 11 is 0. The fourth-order valence-corrected chi connectivity index (χ4v) is 6.21. The quantitative estimate of drug-likeness (QED) is 0.179. The summed E-state index contributed by atoms with van der Waals surface area (Å²) in [6.07, 6.45) is 15.0. The lowest BCUT2D eigenvalue weighted by molar-refractivity contribution is -0.152. The van der Waals surface area contributed by atoms with E-state index in [4.69, 9.17) is 14.2 Å². The van der Waals surface area contributed by atoms with Crippen LogP contribution in [0.15, 0.2) is 43.6 Å². The minimum atomic E-state index is -0.697. The number of hydrogen-bond acceptors (Lipinski definition) is 7. The molecule has 3 atom stereocenters. The number of carbonyl (C=O) groups is 2. The van der Waals surface area contributed by atoms with Gasteiger partial charge >= 0.3 is 5.97 Å². The van der Waals surface area contributed by atoms with Gasteiger partial charge in [-0.1, -0.05) is 44.4 Å². The highest BCUT2D eigenvalue weighted by Gasteiger charge is 2.45. The molecule has 1 aromatic heterocycles. The van der Waals surface area contributed by atoms with E-state index in [1.807, 2.05) is 24.3 Å². The second-order valence-corrected chi connectivity index (χ2v) is 11.1. The molecule has 1 saturated carbocycles. The Balaban J connectivity index is 1.53. The number of nitrogens with one attached hydrogen (secondary N) is 1. The van der Waals surface area contributed by atoms with Crippen molar-refractivity contribution in [1.29, 1.82) is 0 Å². The molecule has 1 aliphatic heterocycles. The van der Waals surface area contributed by atoms with Crippen molar-refractivity contribution >= 4 is 28.7 Å². The maximum Gasteiger partial charge on any atom is 0.328 e. The average Bonchev–Trinajstić information content (AvgIpc) is 3.43. The van der Waals surface area contributed by atoms with Crippen molar-refractivity contribution in [3.05, 3.63) is 49.2 Å². The molecule has 8 nitrogen and oxygen atoms in total. The van der Waals surface area contributed by atoms with Gasteiger partial charge in [0.2, 0.25) is 11.8 Å². The van der Waals surface area contributed by atoms with Crippen LogP contribution in [0.3, 0.4) is 0 Å². The van der Waals surface area contributed by atoms with Gasteiger partial charge in [0, 0.05) is 23.6 Å². The number of benzene rings is 1. The highest BCUT2D eigenvalue weighted by Crippen LogP contribution is 2.34. The highest BCUT2D eigenvalue weighted by molar-refractivity contribution is 5.91. The summed E-state index contributed by atoms with van der Waals surface area (Å²) in [5.41, 5.74) is 0.833. The van der Waals surface area contributed by atoms with E-state index in [2.05, 4.69) is 23.5 Å². The number of carbonyl (C=O) groups excluding carboxylic acids is 2. The first kappa shape index (κ1) is 30.6. The lowest BCUT2D eigenvalue weighted by atomic mass is 9.83. The predicted molar refractivity (Wildman–Crippen MR) is 162 cm³/mol. The molecule has 2 aliphatic rings. The standard InChI is InChI=1S/C33H45N3O5/c1-5-7-8-9-13-17-34-30(24-14-11-10-12-15-24)32(37)36-22-26(21-28(36)33(38)40-4)41-31-27-19-23(6-2)29(39-3)20-25(27)16-18-35-31/h5-6,16,18-20,24,26,28,30,34H,1-2,7-15,17,21-22H2,3-4H3/t26-,28+,30+/m1/s1. The van der Waals surface area contributed by atoms with Gasteiger partial charge in [0.25, 0.3) is 0 Å². The zero-order valence-electron chi connectivity index (χ0n) is 24.6. The van der Waals surface area contributed by atoms with Crippen LogP contribution in [-0.4, -0.2) is 67.3 Å². The molecule has 1 N–H and O–H groups in total. The number of unbranched alkanes of at least 4 members (excludes halogenated alkanes) is 3. The Labute approximate surface area is 244 Å². The van der Waals surface area contributed by atoms with Crippen LogP contribution in [0.4, 0.5) is 0 Å². The van der Waals surface area contributed by atoms with Crippen LogP contribution >= 0.6 is 0 Å². The van der Waals surface area contributed by atoms with Gasteiger partial charge in [-0.05, 0) is 68.2 Å². The van der Waals surface area contributed by atoms with E-state index in [9.17, 15) is 9.59 Å². The number of esters is 1. The van der Waals surface area contributed by atoms with Crippen LogP contribution in [0.5, 0.6) is 11.6 Å². The summed E-state index contributed by atoms with van der Waals surface area (Å²) in [4.78, 5) is 33.3. The number of pyridine rings is 1. The Hall–Kier alpha value is -3.39. The molecule has 1 amide bonds. The number of nitrogens with zero attached hydrogens (tertiary/aromatic N) is 2. The fourth-order valence-electron chi connectivity index (χ4n) is 6.21. The van der Waals surface area contributed by atoms with Crippen molar-refractivity contribution in [2.45, 2.75) is 82.4 Å². The van der Waals surface area contributed by atoms with Crippen molar-refractivity contribution in [2.75, 3.05) is 27.3 Å². The molecule has 41 heavy (non-hydrogen) atoms. The van der Waals surface area contributed by atoms with Crippen molar-refractivity contribution in [3.8, 4) is 11.6 Å².